The van der Waals surface area contributed by atoms with Gasteiger partial charge in [-0.1, -0.05) is 0 Å². The van der Waals surface area contributed by atoms with Crippen LogP contribution >= 0.6 is 0 Å². The van der Waals surface area contributed by atoms with Crippen molar-refractivity contribution in [3.63, 3.8) is 0 Å². The molecule has 90 valence electrons. The van der Waals surface area contributed by atoms with Crippen molar-refractivity contribution in [1.82, 2.24) is 15.3 Å². The number of carbonyl (C=O) groups excluding carboxylic acids is 1. The van der Waals surface area contributed by atoms with Crippen molar-refractivity contribution in [3.05, 3.63) is 0 Å². The van der Waals surface area contributed by atoms with E-state index in [1.807, 2.05) is 5.01 Å². The zero-order valence-corrected chi connectivity index (χ0v) is 9.82. The standard InChI is InChI=1S/C12H21N3O/c16-12-6-9-14(11-3-4-11)15(12)8-5-10-2-1-7-13-10/h10-11,13H,1-9H2. The van der Waals surface area contributed by atoms with Gasteiger partial charge in [0.15, 0.2) is 0 Å². The Hall–Kier alpha value is -0.610. The minimum atomic E-state index is 0.338. The van der Waals surface area contributed by atoms with Crippen LogP contribution in [-0.2, 0) is 4.79 Å². The van der Waals surface area contributed by atoms with Gasteiger partial charge in [-0.25, -0.2) is 5.01 Å². The maximum absolute atomic E-state index is 11.8. The first-order valence-corrected chi connectivity index (χ1v) is 6.65. The SMILES string of the molecule is O=C1CCN(C2CC2)N1CCC1CCCN1. The van der Waals surface area contributed by atoms with Crippen molar-refractivity contribution in [3.8, 4) is 0 Å². The van der Waals surface area contributed by atoms with Crippen molar-refractivity contribution in [2.45, 2.75) is 50.6 Å². The van der Waals surface area contributed by atoms with Crippen LogP contribution in [0.1, 0.15) is 38.5 Å². The molecule has 3 rings (SSSR count). The van der Waals surface area contributed by atoms with E-state index in [2.05, 4.69) is 10.3 Å². The van der Waals surface area contributed by atoms with Crippen LogP contribution in [0.5, 0.6) is 0 Å². The summed E-state index contributed by atoms with van der Waals surface area (Å²) in [6, 6.07) is 1.33. The second kappa shape index (κ2) is 4.34. The summed E-state index contributed by atoms with van der Waals surface area (Å²) in [5.74, 6) is 0.338. The molecule has 4 nitrogen and oxygen atoms in total. The first-order chi connectivity index (χ1) is 7.84. The molecule has 1 amide bonds. The molecule has 0 radical (unpaired) electrons. The van der Waals surface area contributed by atoms with E-state index in [0.29, 0.717) is 18.0 Å². The third-order valence-electron chi connectivity index (χ3n) is 3.97. The number of amides is 1. The maximum Gasteiger partial charge on any atom is 0.238 e. The number of carbonyl (C=O) groups is 1. The van der Waals surface area contributed by atoms with Crippen LogP contribution in [0.4, 0.5) is 0 Å². The van der Waals surface area contributed by atoms with E-state index >= 15 is 0 Å². The largest absolute Gasteiger partial charge is 0.314 e. The lowest BCUT2D eigenvalue weighted by molar-refractivity contribution is -0.138. The highest BCUT2D eigenvalue weighted by atomic mass is 16.2. The monoisotopic (exact) mass is 223 g/mol. The zero-order valence-electron chi connectivity index (χ0n) is 9.82. The van der Waals surface area contributed by atoms with Crippen LogP contribution in [0.25, 0.3) is 0 Å². The minimum absolute atomic E-state index is 0.338. The molecule has 0 aromatic rings. The molecule has 16 heavy (non-hydrogen) atoms. The lowest BCUT2D eigenvalue weighted by Crippen LogP contribution is -2.42. The van der Waals surface area contributed by atoms with Crippen molar-refractivity contribution in [2.75, 3.05) is 19.6 Å². The summed E-state index contributed by atoms with van der Waals surface area (Å²) in [6.07, 6.45) is 7.00. The molecule has 4 heteroatoms. The highest BCUT2D eigenvalue weighted by Crippen LogP contribution is 2.31. The van der Waals surface area contributed by atoms with Gasteiger partial charge in [-0.15, -0.1) is 0 Å². The molecule has 1 atom stereocenters. The quantitative estimate of drug-likeness (QED) is 0.763. The predicted octanol–water partition coefficient (Wildman–Crippen LogP) is 0.740. The van der Waals surface area contributed by atoms with Gasteiger partial charge in [0.05, 0.1) is 0 Å². The number of nitrogens with one attached hydrogen (secondary N) is 1. The van der Waals surface area contributed by atoms with Gasteiger partial charge < -0.3 is 5.32 Å². The van der Waals surface area contributed by atoms with Gasteiger partial charge in [0.2, 0.25) is 5.91 Å². The molecule has 0 bridgehead atoms. The molecule has 1 unspecified atom stereocenters. The van der Waals surface area contributed by atoms with Crippen molar-refractivity contribution >= 4 is 5.91 Å². The average molecular weight is 223 g/mol. The van der Waals surface area contributed by atoms with Crippen LogP contribution < -0.4 is 5.32 Å². The van der Waals surface area contributed by atoms with Gasteiger partial charge >= 0.3 is 0 Å². The first kappa shape index (κ1) is 10.5. The lowest BCUT2D eigenvalue weighted by Gasteiger charge is -2.28. The summed E-state index contributed by atoms with van der Waals surface area (Å²) >= 11 is 0. The van der Waals surface area contributed by atoms with E-state index in [0.717, 1.165) is 32.5 Å². The molecule has 3 fully saturated rings. The van der Waals surface area contributed by atoms with E-state index in [1.165, 1.54) is 25.7 Å². The molecule has 1 aliphatic carbocycles. The van der Waals surface area contributed by atoms with Gasteiger partial charge in [0, 0.05) is 31.6 Å². The molecular formula is C12H21N3O. The normalized spacial score (nSPS) is 31.6. The van der Waals surface area contributed by atoms with Crippen molar-refractivity contribution in [1.29, 1.82) is 0 Å². The molecule has 0 aromatic carbocycles. The van der Waals surface area contributed by atoms with Crippen molar-refractivity contribution < 1.29 is 4.79 Å². The Morgan fingerprint density at radius 3 is 2.88 bits per heavy atom. The molecule has 1 saturated carbocycles. The molecule has 0 spiro atoms. The molecule has 2 heterocycles. The molecule has 2 saturated heterocycles. The first-order valence-electron chi connectivity index (χ1n) is 6.65. The summed E-state index contributed by atoms with van der Waals surface area (Å²) in [7, 11) is 0. The molecule has 3 aliphatic rings. The fraction of sp³-hybridized carbons (Fsp3) is 0.917. The number of rotatable bonds is 4. The summed E-state index contributed by atoms with van der Waals surface area (Å²) in [5.41, 5.74) is 0. The summed E-state index contributed by atoms with van der Waals surface area (Å²) < 4.78 is 0. The van der Waals surface area contributed by atoms with E-state index in [4.69, 9.17) is 0 Å². The van der Waals surface area contributed by atoms with Crippen molar-refractivity contribution in [2.24, 2.45) is 0 Å². The van der Waals surface area contributed by atoms with Gasteiger partial charge in [0.25, 0.3) is 0 Å². The molecule has 1 N–H and O–H groups in total. The number of hydrogen-bond donors (Lipinski definition) is 1. The topological polar surface area (TPSA) is 35.6 Å². The van der Waals surface area contributed by atoms with E-state index < -0.39 is 0 Å². The maximum atomic E-state index is 11.8. The Morgan fingerprint density at radius 2 is 2.19 bits per heavy atom. The number of hydrogen-bond acceptors (Lipinski definition) is 3. The van der Waals surface area contributed by atoms with Gasteiger partial charge in [-0.2, -0.15) is 0 Å². The summed E-state index contributed by atoms with van der Waals surface area (Å²) in [6.45, 7) is 3.04. The molecule has 2 aliphatic heterocycles. The van der Waals surface area contributed by atoms with Crippen LogP contribution in [0.15, 0.2) is 0 Å². The fourth-order valence-corrected chi connectivity index (χ4v) is 2.89. The Balaban J connectivity index is 1.52. The van der Waals surface area contributed by atoms with Gasteiger partial charge in [-0.05, 0) is 38.6 Å². The highest BCUT2D eigenvalue weighted by molar-refractivity contribution is 5.77. The lowest BCUT2D eigenvalue weighted by atomic mass is 10.1. The van der Waals surface area contributed by atoms with Gasteiger partial charge in [0.1, 0.15) is 0 Å². The third-order valence-corrected chi connectivity index (χ3v) is 3.97. The molecular weight excluding hydrogens is 202 g/mol. The average Bonchev–Trinajstić information content (AvgIpc) is 2.87. The smallest absolute Gasteiger partial charge is 0.238 e. The zero-order chi connectivity index (χ0) is 11.0. The Kier molecular flexibility index (Phi) is 2.86. The van der Waals surface area contributed by atoms with Crippen LogP contribution in [-0.4, -0.2) is 47.6 Å². The van der Waals surface area contributed by atoms with Crippen LogP contribution in [0.3, 0.4) is 0 Å². The Labute approximate surface area is 96.9 Å². The molecule has 0 aromatic heterocycles. The summed E-state index contributed by atoms with van der Waals surface area (Å²) in [5, 5.41) is 7.84. The number of nitrogens with zero attached hydrogens (tertiary/aromatic N) is 2. The van der Waals surface area contributed by atoms with Gasteiger partial charge in [-0.3, -0.25) is 9.80 Å². The van der Waals surface area contributed by atoms with E-state index in [-0.39, 0.29) is 0 Å². The Morgan fingerprint density at radius 1 is 1.31 bits per heavy atom. The predicted molar refractivity (Wildman–Crippen MR) is 61.7 cm³/mol. The second-order valence-electron chi connectivity index (χ2n) is 5.24. The van der Waals surface area contributed by atoms with Crippen LogP contribution in [0, 0.1) is 0 Å². The van der Waals surface area contributed by atoms with E-state index in [1.54, 1.807) is 0 Å². The fourth-order valence-electron chi connectivity index (χ4n) is 2.89. The Bertz CT molecular complexity index is 271. The third kappa shape index (κ3) is 2.09. The van der Waals surface area contributed by atoms with Crippen LogP contribution in [0.2, 0.25) is 0 Å². The highest BCUT2D eigenvalue weighted by Gasteiger charge is 2.39. The van der Waals surface area contributed by atoms with E-state index in [9.17, 15) is 4.79 Å². The summed E-state index contributed by atoms with van der Waals surface area (Å²) in [4.78, 5) is 11.8. The number of hydrazine groups is 1. The second-order valence-corrected chi connectivity index (χ2v) is 5.24. The minimum Gasteiger partial charge on any atom is -0.314 e.